The number of benzene rings is 1. The molecule has 0 bridgehead atoms. The van der Waals surface area contributed by atoms with Crippen molar-refractivity contribution in [1.29, 1.82) is 5.26 Å². The van der Waals surface area contributed by atoms with E-state index in [9.17, 15) is 5.11 Å². The van der Waals surface area contributed by atoms with Crippen molar-refractivity contribution < 1.29 is 5.11 Å². The van der Waals surface area contributed by atoms with E-state index in [0.717, 1.165) is 16.9 Å². The SMILES string of the molecule is CCC(O)Cn1c(CC#N)nc2ccccc21. The molecule has 0 amide bonds. The van der Waals surface area contributed by atoms with Gasteiger partial charge in [0.2, 0.25) is 0 Å². The Morgan fingerprint density at radius 3 is 2.94 bits per heavy atom. The molecular formula is C13H15N3O. The molecule has 0 radical (unpaired) electrons. The Bertz CT molecular complexity index is 553. The maximum absolute atomic E-state index is 9.75. The number of nitrogens with zero attached hydrogens (tertiary/aromatic N) is 3. The van der Waals surface area contributed by atoms with Gasteiger partial charge in [0.25, 0.3) is 0 Å². The highest BCUT2D eigenvalue weighted by Gasteiger charge is 2.12. The van der Waals surface area contributed by atoms with Crippen molar-refractivity contribution in [2.45, 2.75) is 32.4 Å². The van der Waals surface area contributed by atoms with E-state index in [0.29, 0.717) is 13.0 Å². The molecule has 1 atom stereocenters. The van der Waals surface area contributed by atoms with Gasteiger partial charge in [0.1, 0.15) is 5.82 Å². The van der Waals surface area contributed by atoms with E-state index in [4.69, 9.17) is 5.26 Å². The van der Waals surface area contributed by atoms with E-state index in [1.165, 1.54) is 0 Å². The van der Waals surface area contributed by atoms with Crippen LogP contribution in [0.15, 0.2) is 24.3 Å². The fourth-order valence-corrected chi connectivity index (χ4v) is 1.87. The van der Waals surface area contributed by atoms with Crippen LogP contribution in [-0.4, -0.2) is 20.8 Å². The first-order valence-electron chi connectivity index (χ1n) is 5.75. The van der Waals surface area contributed by atoms with Crippen molar-refractivity contribution in [2.24, 2.45) is 0 Å². The van der Waals surface area contributed by atoms with Crippen LogP contribution < -0.4 is 0 Å². The molecule has 2 aromatic rings. The number of fused-ring (bicyclic) bond motifs is 1. The van der Waals surface area contributed by atoms with Crippen LogP contribution >= 0.6 is 0 Å². The molecular weight excluding hydrogens is 214 g/mol. The Balaban J connectivity index is 2.48. The molecule has 0 aliphatic rings. The van der Waals surface area contributed by atoms with Crippen molar-refractivity contribution in [3.63, 3.8) is 0 Å². The van der Waals surface area contributed by atoms with Crippen LogP contribution in [0.3, 0.4) is 0 Å². The highest BCUT2D eigenvalue weighted by atomic mass is 16.3. The molecule has 1 heterocycles. The third-order valence-corrected chi connectivity index (χ3v) is 2.84. The molecule has 0 spiro atoms. The molecule has 1 aromatic carbocycles. The Morgan fingerprint density at radius 1 is 1.47 bits per heavy atom. The van der Waals surface area contributed by atoms with Crippen molar-refractivity contribution in [3.8, 4) is 6.07 Å². The van der Waals surface area contributed by atoms with Crippen LogP contribution in [0, 0.1) is 11.3 Å². The molecule has 0 saturated carbocycles. The van der Waals surface area contributed by atoms with E-state index < -0.39 is 6.10 Å². The highest BCUT2D eigenvalue weighted by molar-refractivity contribution is 5.75. The number of aliphatic hydroxyl groups excluding tert-OH is 1. The second-order valence-electron chi connectivity index (χ2n) is 4.02. The molecule has 0 aliphatic carbocycles. The Morgan fingerprint density at radius 2 is 2.24 bits per heavy atom. The number of rotatable bonds is 4. The van der Waals surface area contributed by atoms with Crippen LogP contribution in [0.1, 0.15) is 19.2 Å². The van der Waals surface area contributed by atoms with E-state index in [1.807, 2.05) is 35.8 Å². The van der Waals surface area contributed by atoms with E-state index in [2.05, 4.69) is 11.1 Å². The Labute approximate surface area is 100 Å². The van der Waals surface area contributed by atoms with Gasteiger partial charge in [-0.05, 0) is 18.6 Å². The van der Waals surface area contributed by atoms with Crippen molar-refractivity contribution >= 4 is 11.0 Å². The number of hydrogen-bond donors (Lipinski definition) is 1. The standard InChI is InChI=1S/C13H15N3O/c1-2-10(17)9-16-12-6-4-3-5-11(12)15-13(16)7-8-14/h3-6,10,17H,2,7,9H2,1H3. The van der Waals surface area contributed by atoms with Gasteiger partial charge in [0, 0.05) is 0 Å². The first-order chi connectivity index (χ1) is 8.26. The van der Waals surface area contributed by atoms with Crippen LogP contribution in [0.25, 0.3) is 11.0 Å². The minimum atomic E-state index is -0.398. The lowest BCUT2D eigenvalue weighted by Crippen LogP contribution is -2.16. The average molecular weight is 229 g/mol. The molecule has 1 N–H and O–H groups in total. The molecule has 2 rings (SSSR count). The van der Waals surface area contributed by atoms with Gasteiger partial charge in [-0.15, -0.1) is 0 Å². The van der Waals surface area contributed by atoms with Crippen LogP contribution in [0.4, 0.5) is 0 Å². The van der Waals surface area contributed by atoms with Crippen LogP contribution in [0.5, 0.6) is 0 Å². The average Bonchev–Trinajstić information content (AvgIpc) is 2.68. The maximum atomic E-state index is 9.75. The predicted octanol–water partition coefficient (Wildman–Crippen LogP) is 1.87. The van der Waals surface area contributed by atoms with Gasteiger partial charge in [-0.1, -0.05) is 19.1 Å². The number of imidazole rings is 1. The maximum Gasteiger partial charge on any atom is 0.124 e. The highest BCUT2D eigenvalue weighted by Crippen LogP contribution is 2.17. The first-order valence-corrected chi connectivity index (χ1v) is 5.75. The second-order valence-corrected chi connectivity index (χ2v) is 4.02. The summed E-state index contributed by atoms with van der Waals surface area (Å²) in [6.45, 7) is 2.43. The van der Waals surface area contributed by atoms with Crippen molar-refractivity contribution in [2.75, 3.05) is 0 Å². The lowest BCUT2D eigenvalue weighted by molar-refractivity contribution is 0.150. The fourth-order valence-electron chi connectivity index (χ4n) is 1.87. The minimum Gasteiger partial charge on any atom is -0.391 e. The smallest absolute Gasteiger partial charge is 0.124 e. The first kappa shape index (κ1) is 11.6. The van der Waals surface area contributed by atoms with Gasteiger partial charge in [0.15, 0.2) is 0 Å². The Hall–Kier alpha value is -1.86. The van der Waals surface area contributed by atoms with Crippen molar-refractivity contribution in [3.05, 3.63) is 30.1 Å². The van der Waals surface area contributed by atoms with E-state index >= 15 is 0 Å². The lowest BCUT2D eigenvalue weighted by Gasteiger charge is -2.11. The molecule has 1 aromatic heterocycles. The number of aliphatic hydroxyl groups is 1. The monoisotopic (exact) mass is 229 g/mol. The summed E-state index contributed by atoms with van der Waals surface area (Å²) in [5.74, 6) is 0.723. The summed E-state index contributed by atoms with van der Waals surface area (Å²) in [6, 6.07) is 9.86. The summed E-state index contributed by atoms with van der Waals surface area (Å²) in [5, 5.41) is 18.5. The molecule has 0 saturated heterocycles. The molecule has 88 valence electrons. The van der Waals surface area contributed by atoms with Gasteiger partial charge in [-0.25, -0.2) is 4.98 Å². The number of nitriles is 1. The number of para-hydroxylation sites is 2. The predicted molar refractivity (Wildman–Crippen MR) is 65.3 cm³/mol. The largest absolute Gasteiger partial charge is 0.391 e. The molecule has 4 heteroatoms. The van der Waals surface area contributed by atoms with E-state index in [-0.39, 0.29) is 6.42 Å². The second kappa shape index (κ2) is 4.98. The van der Waals surface area contributed by atoms with Gasteiger partial charge in [-0.3, -0.25) is 0 Å². The lowest BCUT2D eigenvalue weighted by atomic mass is 10.2. The zero-order valence-electron chi connectivity index (χ0n) is 9.80. The van der Waals surface area contributed by atoms with E-state index in [1.54, 1.807) is 0 Å². The van der Waals surface area contributed by atoms with Crippen molar-refractivity contribution in [1.82, 2.24) is 9.55 Å². The third kappa shape index (κ3) is 2.29. The number of aromatic nitrogens is 2. The molecule has 0 fully saturated rings. The zero-order valence-corrected chi connectivity index (χ0v) is 9.80. The third-order valence-electron chi connectivity index (χ3n) is 2.84. The van der Waals surface area contributed by atoms with Crippen LogP contribution in [-0.2, 0) is 13.0 Å². The molecule has 17 heavy (non-hydrogen) atoms. The molecule has 0 aliphatic heterocycles. The summed E-state index contributed by atoms with van der Waals surface area (Å²) in [7, 11) is 0. The summed E-state index contributed by atoms with van der Waals surface area (Å²) in [6.07, 6.45) is 0.564. The Kier molecular flexibility index (Phi) is 3.40. The van der Waals surface area contributed by atoms with Gasteiger partial charge < -0.3 is 9.67 Å². The van der Waals surface area contributed by atoms with Gasteiger partial charge in [-0.2, -0.15) is 5.26 Å². The van der Waals surface area contributed by atoms with Crippen LogP contribution in [0.2, 0.25) is 0 Å². The zero-order chi connectivity index (χ0) is 12.3. The number of hydrogen-bond acceptors (Lipinski definition) is 3. The quantitative estimate of drug-likeness (QED) is 0.870. The molecule has 4 nitrogen and oxygen atoms in total. The minimum absolute atomic E-state index is 0.269. The summed E-state index contributed by atoms with van der Waals surface area (Å²) in [5.41, 5.74) is 1.85. The topological polar surface area (TPSA) is 61.8 Å². The summed E-state index contributed by atoms with van der Waals surface area (Å²) >= 11 is 0. The van der Waals surface area contributed by atoms with Gasteiger partial charge >= 0.3 is 0 Å². The normalized spacial score (nSPS) is 12.5. The summed E-state index contributed by atoms with van der Waals surface area (Å²) in [4.78, 5) is 4.42. The summed E-state index contributed by atoms with van der Waals surface area (Å²) < 4.78 is 1.94. The van der Waals surface area contributed by atoms with Gasteiger partial charge in [0.05, 0.1) is 36.2 Å². The fraction of sp³-hybridized carbons (Fsp3) is 0.385. The molecule has 1 unspecified atom stereocenters.